The smallest absolute Gasteiger partial charge is 0.233 e. The molecule has 0 N–H and O–H groups in total. The van der Waals surface area contributed by atoms with Crippen molar-refractivity contribution in [2.75, 3.05) is 13.1 Å². The van der Waals surface area contributed by atoms with Crippen LogP contribution >= 0.6 is 0 Å². The first-order chi connectivity index (χ1) is 15.3. The molecule has 0 fully saturated rings. The zero-order valence-corrected chi connectivity index (χ0v) is 19.6. The van der Waals surface area contributed by atoms with Crippen LogP contribution in [0.2, 0.25) is 0 Å². The van der Waals surface area contributed by atoms with Gasteiger partial charge in [0.25, 0.3) is 0 Å². The number of aromatic nitrogens is 1. The van der Waals surface area contributed by atoms with Crippen LogP contribution in [0.15, 0.2) is 59.5 Å². The van der Waals surface area contributed by atoms with Gasteiger partial charge in [-0.05, 0) is 60.1 Å². The quantitative estimate of drug-likeness (QED) is 0.383. The number of fused-ring (bicyclic) bond motifs is 1. The molecule has 1 unspecified atom stereocenters. The number of hydrogen-bond donors (Lipinski definition) is 0. The fourth-order valence-corrected chi connectivity index (χ4v) is 4.06. The topological polar surface area (TPSA) is 63.4 Å². The third kappa shape index (κ3) is 6.52. The monoisotopic (exact) mass is 434 g/mol. The van der Waals surface area contributed by atoms with Gasteiger partial charge in [0.2, 0.25) is 5.91 Å². The van der Waals surface area contributed by atoms with Gasteiger partial charge in [-0.15, -0.1) is 0 Å². The van der Waals surface area contributed by atoms with E-state index in [-0.39, 0.29) is 11.7 Å². The lowest BCUT2D eigenvalue weighted by Gasteiger charge is -2.30. The maximum absolute atomic E-state index is 13.6. The number of amides is 1. The van der Waals surface area contributed by atoms with Gasteiger partial charge in [0.1, 0.15) is 17.3 Å². The van der Waals surface area contributed by atoms with E-state index < -0.39 is 5.92 Å². The second-order valence-electron chi connectivity index (χ2n) is 9.41. The standard InChI is InChI=1S/C27H34N2O3/c1-19(2)17-29(18-20(3)4)27(31)24(15-22-6-5-12-28-16-22)25(30)9-7-21-8-10-26-23(14-21)11-13-32-26/h5-6,8,10-14,16,19-20,24H,7,9,15,17-18H2,1-4H3. The number of rotatable bonds is 11. The predicted octanol–water partition coefficient (Wildman–Crippen LogP) is 5.33. The maximum Gasteiger partial charge on any atom is 0.233 e. The van der Waals surface area contributed by atoms with Crippen molar-refractivity contribution >= 4 is 22.7 Å². The Morgan fingerprint density at radius 3 is 2.41 bits per heavy atom. The summed E-state index contributed by atoms with van der Waals surface area (Å²) in [7, 11) is 0. The van der Waals surface area contributed by atoms with Crippen LogP contribution in [0.1, 0.15) is 45.2 Å². The number of carbonyl (C=O) groups excluding carboxylic acids is 2. The zero-order chi connectivity index (χ0) is 23.1. The third-order valence-electron chi connectivity index (χ3n) is 5.51. The van der Waals surface area contributed by atoms with Crippen molar-refractivity contribution in [2.24, 2.45) is 17.8 Å². The first-order valence-corrected chi connectivity index (χ1v) is 11.5. The molecule has 5 nitrogen and oxygen atoms in total. The number of benzene rings is 1. The van der Waals surface area contributed by atoms with Gasteiger partial charge < -0.3 is 9.32 Å². The van der Waals surface area contributed by atoms with Crippen LogP contribution in [-0.4, -0.2) is 34.7 Å². The van der Waals surface area contributed by atoms with E-state index in [0.717, 1.165) is 22.1 Å². The van der Waals surface area contributed by atoms with Gasteiger partial charge in [-0.2, -0.15) is 0 Å². The Bertz CT molecular complexity index is 1010. The van der Waals surface area contributed by atoms with E-state index in [1.807, 2.05) is 41.3 Å². The number of ketones is 1. The molecule has 0 saturated heterocycles. The maximum atomic E-state index is 13.6. The van der Waals surface area contributed by atoms with E-state index in [2.05, 4.69) is 32.7 Å². The van der Waals surface area contributed by atoms with Crippen molar-refractivity contribution < 1.29 is 14.0 Å². The minimum Gasteiger partial charge on any atom is -0.464 e. The van der Waals surface area contributed by atoms with Gasteiger partial charge in [0.15, 0.2) is 0 Å². The molecule has 0 spiro atoms. The Morgan fingerprint density at radius 2 is 1.75 bits per heavy atom. The average molecular weight is 435 g/mol. The molecule has 0 bridgehead atoms. The number of pyridine rings is 1. The van der Waals surface area contributed by atoms with E-state index in [4.69, 9.17) is 4.42 Å². The first-order valence-electron chi connectivity index (χ1n) is 11.5. The van der Waals surface area contributed by atoms with Gasteiger partial charge >= 0.3 is 0 Å². The van der Waals surface area contributed by atoms with Crippen LogP contribution in [0.25, 0.3) is 11.0 Å². The predicted molar refractivity (Wildman–Crippen MR) is 127 cm³/mol. The Morgan fingerprint density at radius 1 is 1.00 bits per heavy atom. The molecule has 1 amide bonds. The minimum absolute atomic E-state index is 0.0105. The summed E-state index contributed by atoms with van der Waals surface area (Å²) in [6, 6.07) is 11.7. The van der Waals surface area contributed by atoms with Gasteiger partial charge in [-0.1, -0.05) is 39.8 Å². The van der Waals surface area contributed by atoms with E-state index in [1.165, 1.54) is 0 Å². The van der Waals surface area contributed by atoms with Gasteiger partial charge in [-0.25, -0.2) is 0 Å². The molecule has 3 aromatic rings. The molecule has 1 aromatic carbocycles. The first kappa shape index (κ1) is 23.7. The fourth-order valence-electron chi connectivity index (χ4n) is 4.06. The van der Waals surface area contributed by atoms with E-state index in [9.17, 15) is 9.59 Å². The van der Waals surface area contributed by atoms with Crippen LogP contribution in [0.4, 0.5) is 0 Å². The summed E-state index contributed by atoms with van der Waals surface area (Å²) < 4.78 is 5.40. The molecule has 32 heavy (non-hydrogen) atoms. The van der Waals surface area contributed by atoms with Crippen molar-refractivity contribution in [3.05, 3.63) is 66.2 Å². The summed E-state index contributed by atoms with van der Waals surface area (Å²) in [5.74, 6) is -0.0772. The minimum atomic E-state index is -0.686. The molecule has 170 valence electrons. The van der Waals surface area contributed by atoms with E-state index >= 15 is 0 Å². The van der Waals surface area contributed by atoms with Crippen molar-refractivity contribution in [1.29, 1.82) is 0 Å². The normalized spacial score (nSPS) is 12.4. The summed E-state index contributed by atoms with van der Waals surface area (Å²) in [5, 5.41) is 1.03. The Balaban J connectivity index is 1.78. The van der Waals surface area contributed by atoms with Crippen molar-refractivity contribution in [1.82, 2.24) is 9.88 Å². The molecule has 1 atom stereocenters. The number of furan rings is 1. The number of hydrogen-bond acceptors (Lipinski definition) is 4. The summed E-state index contributed by atoms with van der Waals surface area (Å²) in [6.45, 7) is 9.72. The lowest BCUT2D eigenvalue weighted by atomic mass is 9.90. The number of Topliss-reactive ketones (excluding diaryl/α,β-unsaturated/α-hetero) is 1. The Kier molecular flexibility index (Phi) is 8.20. The third-order valence-corrected chi connectivity index (χ3v) is 5.51. The highest BCUT2D eigenvalue weighted by molar-refractivity contribution is 6.01. The highest BCUT2D eigenvalue weighted by atomic mass is 16.3. The zero-order valence-electron chi connectivity index (χ0n) is 19.6. The number of aryl methyl sites for hydroxylation is 1. The summed E-state index contributed by atoms with van der Waals surface area (Å²) >= 11 is 0. The number of nitrogens with zero attached hydrogens (tertiary/aromatic N) is 2. The molecule has 0 aliphatic rings. The van der Waals surface area contributed by atoms with Crippen LogP contribution < -0.4 is 0 Å². The lowest BCUT2D eigenvalue weighted by molar-refractivity contribution is -0.142. The van der Waals surface area contributed by atoms with E-state index in [1.54, 1.807) is 18.7 Å². The molecule has 0 aliphatic heterocycles. The molecular formula is C27H34N2O3. The summed E-state index contributed by atoms with van der Waals surface area (Å²) in [5.41, 5.74) is 2.82. The SMILES string of the molecule is CC(C)CN(CC(C)C)C(=O)C(Cc1cccnc1)C(=O)CCc1ccc2occc2c1. The van der Waals surface area contributed by atoms with Crippen molar-refractivity contribution in [3.63, 3.8) is 0 Å². The van der Waals surface area contributed by atoms with Crippen LogP contribution in [0.3, 0.4) is 0 Å². The molecule has 0 saturated carbocycles. The Labute approximate surface area is 190 Å². The molecule has 0 radical (unpaired) electrons. The highest BCUT2D eigenvalue weighted by Crippen LogP contribution is 2.21. The van der Waals surface area contributed by atoms with Crippen LogP contribution in [-0.2, 0) is 22.4 Å². The fraction of sp³-hybridized carbons (Fsp3) is 0.444. The second-order valence-corrected chi connectivity index (χ2v) is 9.41. The second kappa shape index (κ2) is 11.1. The molecule has 3 rings (SSSR count). The van der Waals surface area contributed by atoms with Crippen LogP contribution in [0, 0.1) is 17.8 Å². The average Bonchev–Trinajstić information content (AvgIpc) is 3.23. The van der Waals surface area contributed by atoms with Gasteiger partial charge in [0.05, 0.1) is 6.26 Å². The lowest BCUT2D eigenvalue weighted by Crippen LogP contribution is -2.44. The van der Waals surface area contributed by atoms with Crippen molar-refractivity contribution in [3.8, 4) is 0 Å². The van der Waals surface area contributed by atoms with Gasteiger partial charge in [-0.3, -0.25) is 14.6 Å². The van der Waals surface area contributed by atoms with Gasteiger partial charge in [0, 0.05) is 37.3 Å². The Hall–Kier alpha value is -2.95. The molecular weight excluding hydrogens is 400 g/mol. The highest BCUT2D eigenvalue weighted by Gasteiger charge is 2.31. The molecule has 0 aliphatic carbocycles. The largest absolute Gasteiger partial charge is 0.464 e. The molecule has 2 heterocycles. The van der Waals surface area contributed by atoms with Crippen LogP contribution in [0.5, 0.6) is 0 Å². The molecule has 5 heteroatoms. The van der Waals surface area contributed by atoms with E-state index in [0.29, 0.717) is 44.2 Å². The molecule has 2 aromatic heterocycles. The summed E-state index contributed by atoms with van der Waals surface area (Å²) in [6.07, 6.45) is 6.44. The van der Waals surface area contributed by atoms with Crippen molar-refractivity contribution in [2.45, 2.75) is 47.0 Å². The summed E-state index contributed by atoms with van der Waals surface area (Å²) in [4.78, 5) is 33.0. The number of carbonyl (C=O) groups is 2.